The van der Waals surface area contributed by atoms with Crippen molar-refractivity contribution in [3.05, 3.63) is 11.8 Å². The van der Waals surface area contributed by atoms with E-state index in [4.69, 9.17) is 0 Å². The Morgan fingerprint density at radius 2 is 2.17 bits per heavy atom. The maximum Gasteiger partial charge on any atom is 0.227 e. The Morgan fingerprint density at radius 3 is 2.72 bits per heavy atom. The van der Waals surface area contributed by atoms with Crippen molar-refractivity contribution in [2.45, 2.75) is 51.0 Å². The van der Waals surface area contributed by atoms with Crippen LogP contribution < -0.4 is 10.6 Å². The Hall–Kier alpha value is -1.36. The molecule has 1 fully saturated rings. The van der Waals surface area contributed by atoms with Gasteiger partial charge >= 0.3 is 0 Å². The van der Waals surface area contributed by atoms with Crippen LogP contribution in [0, 0.1) is 6.92 Å². The van der Waals surface area contributed by atoms with E-state index in [-0.39, 0.29) is 11.4 Å². The Kier molecular flexibility index (Phi) is 4.01. The second-order valence-corrected chi connectivity index (χ2v) is 5.25. The number of aromatic amines is 1. The van der Waals surface area contributed by atoms with Gasteiger partial charge in [-0.3, -0.25) is 9.89 Å². The van der Waals surface area contributed by atoms with Gasteiger partial charge in [0.15, 0.2) is 5.82 Å². The normalized spacial score (nSPS) is 18.6. The largest absolute Gasteiger partial charge is 0.314 e. The van der Waals surface area contributed by atoms with Gasteiger partial charge in [-0.25, -0.2) is 0 Å². The summed E-state index contributed by atoms with van der Waals surface area (Å²) in [5.41, 5.74) is 0.930. The highest BCUT2D eigenvalue weighted by Gasteiger charge is 2.32. The molecular formula is C13H22N4O. The van der Waals surface area contributed by atoms with Crippen molar-refractivity contribution in [1.82, 2.24) is 15.5 Å². The lowest BCUT2D eigenvalue weighted by molar-refractivity contribution is -0.117. The minimum Gasteiger partial charge on any atom is -0.314 e. The summed E-state index contributed by atoms with van der Waals surface area (Å²) in [6.07, 6.45) is 6.37. The standard InChI is InChI=1S/C13H22N4O/c1-10-8-11(17-16-10)15-12(18)9-13(14-2)6-4-3-5-7-13/h8,14H,3-7,9H2,1-2H3,(H2,15,16,17,18). The number of aryl methyl sites for hydroxylation is 1. The van der Waals surface area contributed by atoms with Crippen molar-refractivity contribution < 1.29 is 4.79 Å². The topological polar surface area (TPSA) is 69.8 Å². The van der Waals surface area contributed by atoms with Gasteiger partial charge in [-0.1, -0.05) is 19.3 Å². The number of hydrogen-bond acceptors (Lipinski definition) is 3. The smallest absolute Gasteiger partial charge is 0.227 e. The number of carbonyl (C=O) groups is 1. The van der Waals surface area contributed by atoms with Crippen LogP contribution in [-0.2, 0) is 4.79 Å². The van der Waals surface area contributed by atoms with E-state index in [1.165, 1.54) is 19.3 Å². The van der Waals surface area contributed by atoms with Crippen LogP contribution >= 0.6 is 0 Å². The molecule has 5 nitrogen and oxygen atoms in total. The molecule has 0 aliphatic heterocycles. The summed E-state index contributed by atoms with van der Waals surface area (Å²) in [4.78, 5) is 12.0. The third-order valence-corrected chi connectivity index (χ3v) is 3.81. The minimum absolute atomic E-state index is 0.0202. The molecule has 0 radical (unpaired) electrons. The minimum atomic E-state index is -0.0202. The van der Waals surface area contributed by atoms with Crippen LogP contribution in [-0.4, -0.2) is 28.7 Å². The van der Waals surface area contributed by atoms with Crippen molar-refractivity contribution in [1.29, 1.82) is 0 Å². The van der Waals surface area contributed by atoms with Gasteiger partial charge in [0.05, 0.1) is 0 Å². The van der Waals surface area contributed by atoms with Crippen molar-refractivity contribution in [3.8, 4) is 0 Å². The van der Waals surface area contributed by atoms with Crippen molar-refractivity contribution in [2.75, 3.05) is 12.4 Å². The molecule has 1 amide bonds. The molecule has 1 aliphatic carbocycles. The van der Waals surface area contributed by atoms with Gasteiger partial charge in [0, 0.05) is 23.7 Å². The van der Waals surface area contributed by atoms with E-state index in [1.807, 2.05) is 20.0 Å². The number of aromatic nitrogens is 2. The number of nitrogens with zero attached hydrogens (tertiary/aromatic N) is 1. The van der Waals surface area contributed by atoms with Crippen molar-refractivity contribution in [2.24, 2.45) is 0 Å². The van der Waals surface area contributed by atoms with E-state index < -0.39 is 0 Å². The van der Waals surface area contributed by atoms with Crippen molar-refractivity contribution >= 4 is 11.7 Å². The number of amides is 1. The Bertz CT molecular complexity index is 407. The lowest BCUT2D eigenvalue weighted by Gasteiger charge is -2.36. The zero-order chi connectivity index (χ0) is 13.0. The molecule has 1 saturated carbocycles. The molecule has 0 aromatic carbocycles. The molecule has 0 spiro atoms. The second-order valence-electron chi connectivity index (χ2n) is 5.25. The maximum absolute atomic E-state index is 12.0. The van der Waals surface area contributed by atoms with E-state index in [0.717, 1.165) is 18.5 Å². The van der Waals surface area contributed by atoms with Crippen LogP contribution in [0.25, 0.3) is 0 Å². The highest BCUT2D eigenvalue weighted by molar-refractivity contribution is 5.90. The monoisotopic (exact) mass is 250 g/mol. The predicted molar refractivity (Wildman–Crippen MR) is 71.4 cm³/mol. The SMILES string of the molecule is CNC1(CC(=O)Nc2cc(C)[nH]n2)CCCCC1. The van der Waals surface area contributed by atoms with Gasteiger partial charge < -0.3 is 10.6 Å². The molecule has 18 heavy (non-hydrogen) atoms. The molecule has 0 unspecified atom stereocenters. The van der Waals surface area contributed by atoms with Gasteiger partial charge in [0.25, 0.3) is 0 Å². The molecule has 3 N–H and O–H groups in total. The maximum atomic E-state index is 12.0. The molecule has 0 bridgehead atoms. The zero-order valence-electron chi connectivity index (χ0n) is 11.2. The first-order valence-electron chi connectivity index (χ1n) is 6.64. The number of nitrogens with one attached hydrogen (secondary N) is 3. The molecule has 5 heteroatoms. The number of H-pyrrole nitrogens is 1. The van der Waals surface area contributed by atoms with E-state index >= 15 is 0 Å². The third kappa shape index (κ3) is 3.10. The average molecular weight is 250 g/mol. The van der Waals surface area contributed by atoms with Gasteiger partial charge in [0.2, 0.25) is 5.91 Å². The van der Waals surface area contributed by atoms with Crippen LogP contribution in [0.5, 0.6) is 0 Å². The summed E-state index contributed by atoms with van der Waals surface area (Å²) in [5.74, 6) is 0.650. The number of hydrogen-bond donors (Lipinski definition) is 3. The zero-order valence-corrected chi connectivity index (χ0v) is 11.2. The fraction of sp³-hybridized carbons (Fsp3) is 0.692. The molecule has 2 rings (SSSR count). The molecule has 1 heterocycles. The Morgan fingerprint density at radius 1 is 1.44 bits per heavy atom. The predicted octanol–water partition coefficient (Wildman–Crippen LogP) is 1.97. The van der Waals surface area contributed by atoms with Gasteiger partial charge in [-0.05, 0) is 26.8 Å². The van der Waals surface area contributed by atoms with E-state index in [2.05, 4.69) is 20.8 Å². The first-order valence-corrected chi connectivity index (χ1v) is 6.64. The van der Waals surface area contributed by atoms with Crippen LogP contribution in [0.3, 0.4) is 0 Å². The van der Waals surface area contributed by atoms with Gasteiger partial charge in [0.1, 0.15) is 0 Å². The summed E-state index contributed by atoms with van der Waals surface area (Å²) in [5, 5.41) is 13.0. The molecule has 0 saturated heterocycles. The summed E-state index contributed by atoms with van der Waals surface area (Å²) in [6.45, 7) is 1.92. The molecule has 0 atom stereocenters. The number of rotatable bonds is 4. The molecule has 1 aromatic heterocycles. The van der Waals surface area contributed by atoms with E-state index in [0.29, 0.717) is 12.2 Å². The number of anilines is 1. The molecule has 1 aliphatic rings. The number of carbonyl (C=O) groups excluding carboxylic acids is 1. The van der Waals surface area contributed by atoms with Crippen LogP contribution in [0.2, 0.25) is 0 Å². The lowest BCUT2D eigenvalue weighted by Crippen LogP contribution is -2.47. The van der Waals surface area contributed by atoms with Crippen LogP contribution in [0.1, 0.15) is 44.2 Å². The average Bonchev–Trinajstić information content (AvgIpc) is 2.75. The highest BCUT2D eigenvalue weighted by atomic mass is 16.1. The molecular weight excluding hydrogens is 228 g/mol. The van der Waals surface area contributed by atoms with Gasteiger partial charge in [-0.2, -0.15) is 5.10 Å². The third-order valence-electron chi connectivity index (χ3n) is 3.81. The first-order chi connectivity index (χ1) is 8.63. The van der Waals surface area contributed by atoms with Crippen LogP contribution in [0.4, 0.5) is 5.82 Å². The fourth-order valence-electron chi connectivity index (χ4n) is 2.72. The lowest BCUT2D eigenvalue weighted by atomic mass is 9.79. The first kappa shape index (κ1) is 13.1. The Balaban J connectivity index is 1.93. The van der Waals surface area contributed by atoms with E-state index in [9.17, 15) is 4.79 Å². The van der Waals surface area contributed by atoms with Gasteiger partial charge in [-0.15, -0.1) is 0 Å². The summed E-state index contributed by atoms with van der Waals surface area (Å²) < 4.78 is 0. The van der Waals surface area contributed by atoms with Crippen LogP contribution in [0.15, 0.2) is 6.07 Å². The van der Waals surface area contributed by atoms with E-state index in [1.54, 1.807) is 0 Å². The highest BCUT2D eigenvalue weighted by Crippen LogP contribution is 2.30. The summed E-state index contributed by atoms with van der Waals surface area (Å²) in [6, 6.07) is 1.84. The second kappa shape index (κ2) is 5.52. The Labute approximate surface area is 108 Å². The summed E-state index contributed by atoms with van der Waals surface area (Å²) in [7, 11) is 1.96. The summed E-state index contributed by atoms with van der Waals surface area (Å²) >= 11 is 0. The van der Waals surface area contributed by atoms with Crippen molar-refractivity contribution in [3.63, 3.8) is 0 Å². The molecule has 1 aromatic rings. The molecule has 100 valence electrons. The quantitative estimate of drug-likeness (QED) is 0.765. The fourth-order valence-corrected chi connectivity index (χ4v) is 2.72.